The Bertz CT molecular complexity index is 843. The van der Waals surface area contributed by atoms with Crippen LogP contribution in [0.3, 0.4) is 0 Å². The highest BCUT2D eigenvalue weighted by Crippen LogP contribution is 2.25. The second kappa shape index (κ2) is 5.68. The lowest BCUT2D eigenvalue weighted by Gasteiger charge is -2.28. The highest BCUT2D eigenvalue weighted by molar-refractivity contribution is 6.29. The quantitative estimate of drug-likeness (QED) is 0.404. The first-order valence-corrected chi connectivity index (χ1v) is 7.67. The monoisotopic (exact) mass is 331 g/mol. The third kappa shape index (κ3) is 2.69. The molecule has 1 aliphatic rings. The van der Waals surface area contributed by atoms with Gasteiger partial charge in [-0.3, -0.25) is 0 Å². The minimum atomic E-state index is 0.427. The average molecular weight is 332 g/mol. The summed E-state index contributed by atoms with van der Waals surface area (Å²) in [6.07, 6.45) is 2.89. The van der Waals surface area contributed by atoms with E-state index in [1.807, 2.05) is 12.1 Å². The van der Waals surface area contributed by atoms with Gasteiger partial charge in [-0.15, -0.1) is 0 Å². The topological polar surface area (TPSA) is 69.6 Å². The number of morpholine rings is 1. The Kier molecular flexibility index (Phi) is 3.51. The minimum absolute atomic E-state index is 0.427. The second-order valence-electron chi connectivity index (χ2n) is 5.28. The number of hydrogen-bond acceptors (Lipinski definition) is 5. The molecular weight excluding hydrogens is 318 g/mol. The SMILES string of the molecule is [O-][n+]1ccc(-c2cc3nc(Cl)cc(N4CCOCC4)n3n2)cc1. The van der Waals surface area contributed by atoms with Crippen LogP contribution in [0.5, 0.6) is 0 Å². The molecule has 23 heavy (non-hydrogen) atoms. The van der Waals surface area contributed by atoms with E-state index in [-0.39, 0.29) is 0 Å². The van der Waals surface area contributed by atoms with E-state index >= 15 is 0 Å². The summed E-state index contributed by atoms with van der Waals surface area (Å²) in [5, 5.41) is 16.2. The van der Waals surface area contributed by atoms with Crippen LogP contribution in [0.1, 0.15) is 0 Å². The Hall–Kier alpha value is -2.38. The van der Waals surface area contributed by atoms with Crippen LogP contribution in [0.25, 0.3) is 16.9 Å². The first-order chi connectivity index (χ1) is 11.2. The number of halogens is 1. The molecule has 0 amide bonds. The zero-order valence-corrected chi connectivity index (χ0v) is 13.0. The summed E-state index contributed by atoms with van der Waals surface area (Å²) in [7, 11) is 0. The molecule has 0 N–H and O–H groups in total. The molecule has 0 saturated carbocycles. The van der Waals surface area contributed by atoms with Crippen LogP contribution in [0.4, 0.5) is 5.82 Å². The van der Waals surface area contributed by atoms with Gasteiger partial charge in [0.25, 0.3) is 0 Å². The molecule has 1 aliphatic heterocycles. The summed E-state index contributed by atoms with van der Waals surface area (Å²) in [6.45, 7) is 2.92. The maximum Gasteiger partial charge on any atom is 0.181 e. The van der Waals surface area contributed by atoms with Gasteiger partial charge in [-0.1, -0.05) is 11.6 Å². The van der Waals surface area contributed by atoms with E-state index in [9.17, 15) is 5.21 Å². The molecule has 0 aromatic carbocycles. The molecule has 3 aromatic heterocycles. The summed E-state index contributed by atoms with van der Waals surface area (Å²) in [5.41, 5.74) is 2.27. The lowest BCUT2D eigenvalue weighted by molar-refractivity contribution is -0.605. The number of nitrogens with zero attached hydrogens (tertiary/aromatic N) is 5. The van der Waals surface area contributed by atoms with Crippen molar-refractivity contribution in [3.05, 3.63) is 47.0 Å². The molecule has 0 aliphatic carbocycles. The molecule has 3 aromatic rings. The molecule has 118 valence electrons. The number of rotatable bonds is 2. The first-order valence-electron chi connectivity index (χ1n) is 7.29. The molecule has 7 nitrogen and oxygen atoms in total. The predicted molar refractivity (Wildman–Crippen MR) is 85.4 cm³/mol. The van der Waals surface area contributed by atoms with Crippen molar-refractivity contribution in [3.8, 4) is 11.3 Å². The van der Waals surface area contributed by atoms with Gasteiger partial charge < -0.3 is 14.8 Å². The predicted octanol–water partition coefficient (Wildman–Crippen LogP) is 1.52. The van der Waals surface area contributed by atoms with Gasteiger partial charge in [-0.25, -0.2) is 4.98 Å². The Labute approximate surface area is 137 Å². The van der Waals surface area contributed by atoms with Crippen molar-refractivity contribution in [2.75, 3.05) is 31.2 Å². The zero-order valence-electron chi connectivity index (χ0n) is 12.2. The molecule has 8 heteroatoms. The third-order valence-corrected chi connectivity index (χ3v) is 4.00. The van der Waals surface area contributed by atoms with Gasteiger partial charge in [0, 0.05) is 42.9 Å². The number of hydrogen-bond donors (Lipinski definition) is 0. The van der Waals surface area contributed by atoms with Gasteiger partial charge in [0.05, 0.1) is 18.9 Å². The molecule has 1 fully saturated rings. The third-order valence-electron chi connectivity index (χ3n) is 3.81. The van der Waals surface area contributed by atoms with Crippen LogP contribution in [-0.4, -0.2) is 40.9 Å². The van der Waals surface area contributed by atoms with Crippen LogP contribution in [-0.2, 0) is 4.74 Å². The van der Waals surface area contributed by atoms with Crippen LogP contribution in [0, 0.1) is 5.21 Å². The summed E-state index contributed by atoms with van der Waals surface area (Å²) in [5.74, 6) is 0.893. The summed E-state index contributed by atoms with van der Waals surface area (Å²) < 4.78 is 7.92. The lowest BCUT2D eigenvalue weighted by Crippen LogP contribution is -2.37. The standard InChI is InChI=1S/C15H14ClN5O2/c16-13-10-15(19-5-7-23-8-6-19)21-14(17-13)9-12(18-21)11-1-3-20(22)4-2-11/h1-4,9-10H,5-8H2. The van der Waals surface area contributed by atoms with E-state index in [4.69, 9.17) is 16.3 Å². The molecule has 1 saturated heterocycles. The fourth-order valence-corrected chi connectivity index (χ4v) is 2.86. The number of aromatic nitrogens is 4. The van der Waals surface area contributed by atoms with E-state index in [0.717, 1.165) is 34.9 Å². The Morgan fingerprint density at radius 2 is 1.91 bits per heavy atom. The van der Waals surface area contributed by atoms with Crippen LogP contribution in [0.2, 0.25) is 5.15 Å². The lowest BCUT2D eigenvalue weighted by atomic mass is 10.2. The van der Waals surface area contributed by atoms with Gasteiger partial charge in [-0.05, 0) is 0 Å². The smallest absolute Gasteiger partial charge is 0.181 e. The van der Waals surface area contributed by atoms with Gasteiger partial charge in [0.2, 0.25) is 0 Å². The number of anilines is 1. The Balaban J connectivity index is 1.82. The van der Waals surface area contributed by atoms with E-state index < -0.39 is 0 Å². The van der Waals surface area contributed by atoms with E-state index in [1.165, 1.54) is 12.4 Å². The number of ether oxygens (including phenoxy) is 1. The maximum absolute atomic E-state index is 11.2. The number of pyridine rings is 1. The van der Waals surface area contributed by atoms with E-state index in [2.05, 4.69) is 15.0 Å². The highest BCUT2D eigenvalue weighted by atomic mass is 35.5. The van der Waals surface area contributed by atoms with Crippen molar-refractivity contribution in [2.45, 2.75) is 0 Å². The summed E-state index contributed by atoms with van der Waals surface area (Å²) in [6, 6.07) is 7.13. The average Bonchev–Trinajstić information content (AvgIpc) is 2.99. The second-order valence-corrected chi connectivity index (χ2v) is 5.67. The summed E-state index contributed by atoms with van der Waals surface area (Å²) in [4.78, 5) is 6.51. The molecule has 4 rings (SSSR count). The van der Waals surface area contributed by atoms with Crippen LogP contribution >= 0.6 is 11.6 Å². The van der Waals surface area contributed by atoms with Crippen molar-refractivity contribution in [3.63, 3.8) is 0 Å². The molecule has 4 heterocycles. The zero-order chi connectivity index (χ0) is 15.8. The summed E-state index contributed by atoms with van der Waals surface area (Å²) >= 11 is 6.16. The van der Waals surface area contributed by atoms with E-state index in [1.54, 1.807) is 16.6 Å². The number of fused-ring (bicyclic) bond motifs is 1. The van der Waals surface area contributed by atoms with E-state index in [0.29, 0.717) is 24.0 Å². The highest BCUT2D eigenvalue weighted by Gasteiger charge is 2.18. The van der Waals surface area contributed by atoms with Gasteiger partial charge in [-0.2, -0.15) is 14.3 Å². The van der Waals surface area contributed by atoms with Gasteiger partial charge in [0.1, 0.15) is 11.0 Å². The molecule has 0 unspecified atom stereocenters. The fourth-order valence-electron chi connectivity index (χ4n) is 2.67. The van der Waals surface area contributed by atoms with Crippen molar-refractivity contribution in [1.29, 1.82) is 0 Å². The van der Waals surface area contributed by atoms with Gasteiger partial charge >= 0.3 is 0 Å². The molecule has 0 atom stereocenters. The normalized spacial score (nSPS) is 15.3. The first kappa shape index (κ1) is 14.2. The molecule has 0 spiro atoms. The largest absolute Gasteiger partial charge is 0.619 e. The van der Waals surface area contributed by atoms with Gasteiger partial charge in [0.15, 0.2) is 18.0 Å². The molecular formula is C15H14ClN5O2. The molecule has 0 bridgehead atoms. The Morgan fingerprint density at radius 3 is 2.65 bits per heavy atom. The van der Waals surface area contributed by atoms with Crippen molar-refractivity contribution < 1.29 is 9.47 Å². The van der Waals surface area contributed by atoms with Crippen LogP contribution < -0.4 is 9.63 Å². The van der Waals surface area contributed by atoms with Crippen molar-refractivity contribution in [1.82, 2.24) is 14.6 Å². The minimum Gasteiger partial charge on any atom is -0.619 e. The Morgan fingerprint density at radius 1 is 1.17 bits per heavy atom. The van der Waals surface area contributed by atoms with Crippen molar-refractivity contribution >= 4 is 23.1 Å². The molecule has 0 radical (unpaired) electrons. The fraction of sp³-hybridized carbons (Fsp3) is 0.267. The van der Waals surface area contributed by atoms with Crippen molar-refractivity contribution in [2.24, 2.45) is 0 Å². The van der Waals surface area contributed by atoms with Crippen LogP contribution in [0.15, 0.2) is 36.7 Å². The maximum atomic E-state index is 11.2.